The molecule has 0 radical (unpaired) electrons. The van der Waals surface area contributed by atoms with Crippen LogP contribution in [-0.2, 0) is 32.2 Å². The number of carbonyl (C=O) groups is 2. The molecule has 8 nitrogen and oxygen atoms in total. The second-order valence-electron chi connectivity index (χ2n) is 8.12. The molecule has 8 heteroatoms. The maximum Gasteiger partial charge on any atom is 0.303 e. The lowest BCUT2D eigenvalue weighted by molar-refractivity contribution is -0.221. The quantitative estimate of drug-likeness (QED) is 0.473. The van der Waals surface area contributed by atoms with E-state index in [4.69, 9.17) is 9.47 Å². The van der Waals surface area contributed by atoms with Crippen LogP contribution in [0.3, 0.4) is 0 Å². The highest BCUT2D eigenvalue weighted by molar-refractivity contribution is 5.97. The maximum atomic E-state index is 13.3. The summed E-state index contributed by atoms with van der Waals surface area (Å²) in [6.45, 7) is 5.43. The Bertz CT molecular complexity index is 1240. The first-order chi connectivity index (χ1) is 14.0. The van der Waals surface area contributed by atoms with E-state index in [0.717, 1.165) is 10.8 Å². The number of nitrogens with zero attached hydrogens (tertiary/aromatic N) is 2. The minimum absolute atomic E-state index is 0.132. The van der Waals surface area contributed by atoms with Crippen LogP contribution in [0, 0.1) is 0 Å². The highest BCUT2D eigenvalue weighted by Crippen LogP contribution is 2.36. The SMILES string of the molecule is CC(=O)OC1(C)Cn2c(=O)c3cc4ccccc4cc3c(=O)n2CC1(C)OC(C)=O. The number of hydrogen-bond donors (Lipinski definition) is 0. The van der Waals surface area contributed by atoms with Gasteiger partial charge in [0.2, 0.25) is 0 Å². The van der Waals surface area contributed by atoms with E-state index in [0.29, 0.717) is 0 Å². The Labute approximate surface area is 171 Å². The molecule has 4 rings (SSSR count). The fraction of sp³-hybridized carbons (Fsp3) is 0.364. The molecule has 0 bridgehead atoms. The van der Waals surface area contributed by atoms with Gasteiger partial charge in [-0.15, -0.1) is 0 Å². The standard InChI is InChI=1S/C22H22N2O6/c1-13(25)29-21(3)11-23-19(27)17-9-15-7-5-6-8-16(15)10-18(17)20(28)24(23)12-22(21,4)30-14(2)26/h5-10H,11-12H2,1-4H3. The highest BCUT2D eigenvalue weighted by atomic mass is 16.6. The number of benzene rings is 2. The zero-order valence-corrected chi connectivity index (χ0v) is 17.2. The van der Waals surface area contributed by atoms with Crippen molar-refractivity contribution < 1.29 is 19.1 Å². The first-order valence-corrected chi connectivity index (χ1v) is 9.60. The zero-order chi connectivity index (χ0) is 21.8. The van der Waals surface area contributed by atoms with Gasteiger partial charge in [0.1, 0.15) is 0 Å². The van der Waals surface area contributed by atoms with E-state index < -0.39 is 23.1 Å². The minimum Gasteiger partial charge on any atom is -0.453 e. The maximum absolute atomic E-state index is 13.3. The average molecular weight is 410 g/mol. The summed E-state index contributed by atoms with van der Waals surface area (Å²) in [5.74, 6) is -1.15. The van der Waals surface area contributed by atoms with Crippen LogP contribution in [0.2, 0.25) is 0 Å². The predicted octanol–water partition coefficient (Wildman–Crippen LogP) is 1.97. The van der Waals surface area contributed by atoms with E-state index in [2.05, 4.69) is 0 Å². The molecule has 2 aromatic carbocycles. The summed E-state index contributed by atoms with van der Waals surface area (Å²) in [5.41, 5.74) is -3.44. The van der Waals surface area contributed by atoms with Crippen LogP contribution in [0.4, 0.5) is 0 Å². The molecule has 1 aliphatic rings. The van der Waals surface area contributed by atoms with Crippen LogP contribution in [0.5, 0.6) is 0 Å². The van der Waals surface area contributed by atoms with Gasteiger partial charge < -0.3 is 9.47 Å². The number of aromatic nitrogens is 2. The van der Waals surface area contributed by atoms with Gasteiger partial charge in [0.25, 0.3) is 11.1 Å². The van der Waals surface area contributed by atoms with Crippen molar-refractivity contribution in [3.63, 3.8) is 0 Å². The molecule has 2 atom stereocenters. The molecular formula is C22H22N2O6. The Morgan fingerprint density at radius 2 is 1.17 bits per heavy atom. The monoisotopic (exact) mass is 410 g/mol. The molecule has 30 heavy (non-hydrogen) atoms. The second-order valence-corrected chi connectivity index (χ2v) is 8.12. The minimum atomic E-state index is -1.34. The number of esters is 2. The second kappa shape index (κ2) is 6.55. The molecule has 0 spiro atoms. The van der Waals surface area contributed by atoms with Crippen LogP contribution in [0.25, 0.3) is 21.5 Å². The van der Waals surface area contributed by atoms with Gasteiger partial charge in [-0.25, -0.2) is 9.36 Å². The summed E-state index contributed by atoms with van der Waals surface area (Å²) < 4.78 is 13.6. The van der Waals surface area contributed by atoms with E-state index >= 15 is 0 Å². The molecule has 2 heterocycles. The molecule has 0 N–H and O–H groups in total. The summed E-state index contributed by atoms with van der Waals surface area (Å²) in [4.78, 5) is 50.3. The lowest BCUT2D eigenvalue weighted by Crippen LogP contribution is -2.66. The Hall–Kier alpha value is -3.42. The number of hydrogen-bond acceptors (Lipinski definition) is 6. The number of rotatable bonds is 2. The van der Waals surface area contributed by atoms with Crippen LogP contribution in [0.1, 0.15) is 27.7 Å². The fourth-order valence-corrected chi connectivity index (χ4v) is 4.23. The van der Waals surface area contributed by atoms with E-state index in [1.54, 1.807) is 26.0 Å². The molecule has 1 aliphatic heterocycles. The number of fused-ring (bicyclic) bond motifs is 3. The van der Waals surface area contributed by atoms with Crippen LogP contribution in [0.15, 0.2) is 46.0 Å². The Morgan fingerprint density at radius 1 is 0.800 bits per heavy atom. The van der Waals surface area contributed by atoms with Crippen LogP contribution < -0.4 is 11.1 Å². The van der Waals surface area contributed by atoms with Crippen molar-refractivity contribution in [3.8, 4) is 0 Å². The van der Waals surface area contributed by atoms with Gasteiger partial charge in [-0.3, -0.25) is 19.2 Å². The van der Waals surface area contributed by atoms with Crippen molar-refractivity contribution in [2.75, 3.05) is 0 Å². The summed E-state index contributed by atoms with van der Waals surface area (Å²) in [6, 6.07) is 10.9. The van der Waals surface area contributed by atoms with Gasteiger partial charge in [0, 0.05) is 13.8 Å². The van der Waals surface area contributed by atoms with Gasteiger partial charge in [0.15, 0.2) is 11.2 Å². The van der Waals surface area contributed by atoms with Crippen molar-refractivity contribution in [3.05, 3.63) is 57.1 Å². The molecule has 0 amide bonds. The molecule has 3 aromatic rings. The number of carbonyl (C=O) groups excluding carboxylic acids is 2. The van der Waals surface area contributed by atoms with Crippen molar-refractivity contribution in [2.45, 2.75) is 52.0 Å². The van der Waals surface area contributed by atoms with E-state index in [1.165, 1.54) is 23.2 Å². The molecule has 0 saturated carbocycles. The van der Waals surface area contributed by atoms with Crippen molar-refractivity contribution >= 4 is 33.5 Å². The van der Waals surface area contributed by atoms with Crippen LogP contribution in [-0.4, -0.2) is 32.5 Å². The first kappa shape index (κ1) is 19.9. The van der Waals surface area contributed by atoms with Gasteiger partial charge in [0.05, 0.1) is 23.9 Å². The average Bonchev–Trinajstić information content (AvgIpc) is 2.65. The summed E-state index contributed by atoms with van der Waals surface area (Å²) in [6.07, 6.45) is 0. The summed E-state index contributed by atoms with van der Waals surface area (Å²) >= 11 is 0. The third-order valence-corrected chi connectivity index (χ3v) is 5.87. The Kier molecular flexibility index (Phi) is 4.34. The van der Waals surface area contributed by atoms with Crippen molar-refractivity contribution in [1.29, 1.82) is 0 Å². The first-order valence-electron chi connectivity index (χ1n) is 9.60. The topological polar surface area (TPSA) is 96.6 Å². The lowest BCUT2D eigenvalue weighted by atomic mass is 9.83. The molecule has 0 aliphatic carbocycles. The molecule has 0 fully saturated rings. The predicted molar refractivity (Wildman–Crippen MR) is 110 cm³/mol. The third-order valence-electron chi connectivity index (χ3n) is 5.87. The molecule has 0 saturated heterocycles. The van der Waals surface area contributed by atoms with Crippen LogP contribution >= 0.6 is 0 Å². The molecule has 156 valence electrons. The summed E-state index contributed by atoms with van der Waals surface area (Å²) in [7, 11) is 0. The Balaban J connectivity index is 2.02. The van der Waals surface area contributed by atoms with E-state index in [-0.39, 0.29) is 35.0 Å². The molecule has 2 unspecified atom stereocenters. The Morgan fingerprint density at radius 3 is 1.50 bits per heavy atom. The lowest BCUT2D eigenvalue weighted by Gasteiger charge is -2.48. The van der Waals surface area contributed by atoms with Gasteiger partial charge in [-0.1, -0.05) is 24.3 Å². The van der Waals surface area contributed by atoms with Crippen molar-refractivity contribution in [2.24, 2.45) is 0 Å². The third kappa shape index (κ3) is 2.91. The summed E-state index contributed by atoms with van der Waals surface area (Å²) in [5, 5.41) is 2.26. The molecular weight excluding hydrogens is 388 g/mol. The smallest absolute Gasteiger partial charge is 0.303 e. The van der Waals surface area contributed by atoms with E-state index in [9.17, 15) is 19.2 Å². The van der Waals surface area contributed by atoms with Gasteiger partial charge >= 0.3 is 11.9 Å². The van der Waals surface area contributed by atoms with Gasteiger partial charge in [-0.05, 0) is 36.8 Å². The van der Waals surface area contributed by atoms with Crippen molar-refractivity contribution in [1.82, 2.24) is 9.36 Å². The van der Waals surface area contributed by atoms with Gasteiger partial charge in [-0.2, -0.15) is 0 Å². The highest BCUT2D eigenvalue weighted by Gasteiger charge is 2.55. The van der Waals surface area contributed by atoms with E-state index in [1.807, 2.05) is 24.3 Å². The fourth-order valence-electron chi connectivity index (χ4n) is 4.23. The zero-order valence-electron chi connectivity index (χ0n) is 17.2. The number of ether oxygens (including phenoxy) is 2. The largest absolute Gasteiger partial charge is 0.453 e. The normalized spacial score (nSPS) is 23.2. The molecule has 1 aromatic heterocycles.